The Bertz CT molecular complexity index is 902. The number of nitriles is 1. The lowest BCUT2D eigenvalue weighted by atomic mass is 10.1. The second kappa shape index (κ2) is 6.42. The van der Waals surface area contributed by atoms with Gasteiger partial charge in [-0.2, -0.15) is 5.26 Å². The van der Waals surface area contributed by atoms with E-state index < -0.39 is 5.82 Å². The zero-order valence-corrected chi connectivity index (χ0v) is 12.3. The molecule has 2 N–H and O–H groups in total. The van der Waals surface area contributed by atoms with Crippen LogP contribution in [-0.2, 0) is 13.2 Å². The highest BCUT2D eigenvalue weighted by molar-refractivity contribution is 5.81. The van der Waals surface area contributed by atoms with Crippen LogP contribution in [0.15, 0.2) is 48.5 Å². The van der Waals surface area contributed by atoms with Gasteiger partial charge in [-0.25, -0.2) is 9.37 Å². The zero-order chi connectivity index (χ0) is 16.2. The molecular formula is C18H14FN3O. The number of hydrogen-bond acceptors (Lipinski definition) is 4. The minimum Gasteiger partial charge on any atom is -0.392 e. The Morgan fingerprint density at radius 1 is 1.13 bits per heavy atom. The molecule has 0 aliphatic rings. The summed E-state index contributed by atoms with van der Waals surface area (Å²) in [7, 11) is 0. The van der Waals surface area contributed by atoms with Gasteiger partial charge in [0.2, 0.25) is 0 Å². The number of para-hydroxylation sites is 1. The third-order valence-electron chi connectivity index (χ3n) is 3.60. The molecule has 0 bridgehead atoms. The first kappa shape index (κ1) is 14.9. The lowest BCUT2D eigenvalue weighted by Gasteiger charge is -2.12. The van der Waals surface area contributed by atoms with E-state index in [0.29, 0.717) is 16.9 Å². The normalized spacial score (nSPS) is 10.5. The fraction of sp³-hybridized carbons (Fsp3) is 0.111. The van der Waals surface area contributed by atoms with Crippen LogP contribution in [0, 0.1) is 17.1 Å². The van der Waals surface area contributed by atoms with Crippen LogP contribution in [0.3, 0.4) is 0 Å². The highest BCUT2D eigenvalue weighted by Crippen LogP contribution is 2.21. The maximum atomic E-state index is 13.9. The van der Waals surface area contributed by atoms with Crippen molar-refractivity contribution in [2.24, 2.45) is 0 Å². The second-order valence-corrected chi connectivity index (χ2v) is 5.12. The van der Waals surface area contributed by atoms with Crippen molar-refractivity contribution in [3.63, 3.8) is 0 Å². The van der Waals surface area contributed by atoms with Crippen molar-refractivity contribution in [1.82, 2.24) is 4.98 Å². The quantitative estimate of drug-likeness (QED) is 0.775. The largest absolute Gasteiger partial charge is 0.392 e. The molecule has 0 atom stereocenters. The summed E-state index contributed by atoms with van der Waals surface area (Å²) in [6.45, 7) is 0.0614. The van der Waals surface area contributed by atoms with Crippen molar-refractivity contribution in [2.45, 2.75) is 13.2 Å². The summed E-state index contributed by atoms with van der Waals surface area (Å²) >= 11 is 0. The minimum absolute atomic E-state index is 0.157. The molecule has 3 aromatic rings. The van der Waals surface area contributed by atoms with Gasteiger partial charge in [0.1, 0.15) is 11.6 Å². The molecule has 2 aromatic carbocycles. The number of aliphatic hydroxyl groups is 1. The van der Waals surface area contributed by atoms with Crippen molar-refractivity contribution in [3.8, 4) is 6.07 Å². The maximum Gasteiger partial charge on any atom is 0.132 e. The van der Waals surface area contributed by atoms with E-state index >= 15 is 0 Å². The Morgan fingerprint density at radius 3 is 2.70 bits per heavy atom. The lowest BCUT2D eigenvalue weighted by molar-refractivity contribution is 0.282. The standard InChI is InChI=1S/C18H14FN3O/c19-16-7-12(9-20)5-6-14(16)10-21-18-15(11-23)8-13-3-1-2-4-17(13)22-18/h1-8,23H,10-11H2,(H,21,22). The second-order valence-electron chi connectivity index (χ2n) is 5.12. The molecule has 0 radical (unpaired) electrons. The van der Waals surface area contributed by atoms with Gasteiger partial charge in [0, 0.05) is 23.1 Å². The van der Waals surface area contributed by atoms with Crippen molar-refractivity contribution < 1.29 is 9.50 Å². The average molecular weight is 307 g/mol. The Kier molecular flexibility index (Phi) is 4.18. The van der Waals surface area contributed by atoms with Crippen molar-refractivity contribution in [3.05, 3.63) is 71.0 Å². The van der Waals surface area contributed by atoms with Gasteiger partial charge in [0.15, 0.2) is 0 Å². The molecule has 0 saturated heterocycles. The summed E-state index contributed by atoms with van der Waals surface area (Å²) in [6, 6.07) is 15.7. The predicted octanol–water partition coefficient (Wildman–Crippen LogP) is 3.35. The Morgan fingerprint density at radius 2 is 1.96 bits per heavy atom. The predicted molar refractivity (Wildman–Crippen MR) is 86.1 cm³/mol. The van der Waals surface area contributed by atoms with E-state index in [-0.39, 0.29) is 18.7 Å². The number of aliphatic hydroxyl groups excluding tert-OH is 1. The SMILES string of the molecule is N#Cc1ccc(CNc2nc3ccccc3cc2CO)c(F)c1. The van der Waals surface area contributed by atoms with E-state index in [1.54, 1.807) is 12.1 Å². The monoisotopic (exact) mass is 307 g/mol. The molecule has 0 fully saturated rings. The van der Waals surface area contributed by atoms with E-state index in [9.17, 15) is 9.50 Å². The van der Waals surface area contributed by atoms with Gasteiger partial charge < -0.3 is 10.4 Å². The summed E-state index contributed by atoms with van der Waals surface area (Å²) < 4.78 is 13.9. The van der Waals surface area contributed by atoms with E-state index in [2.05, 4.69) is 10.3 Å². The number of aromatic nitrogens is 1. The molecule has 0 aliphatic heterocycles. The van der Waals surface area contributed by atoms with Crippen molar-refractivity contribution in [1.29, 1.82) is 5.26 Å². The molecule has 4 nitrogen and oxygen atoms in total. The summed E-state index contributed by atoms with van der Waals surface area (Å²) in [4.78, 5) is 4.48. The van der Waals surface area contributed by atoms with Gasteiger partial charge in [-0.1, -0.05) is 24.3 Å². The van der Waals surface area contributed by atoms with Gasteiger partial charge in [-0.3, -0.25) is 0 Å². The summed E-state index contributed by atoms with van der Waals surface area (Å²) in [5, 5.41) is 22.3. The van der Waals surface area contributed by atoms with Crippen LogP contribution >= 0.6 is 0 Å². The average Bonchev–Trinajstić information content (AvgIpc) is 2.59. The first-order valence-electron chi connectivity index (χ1n) is 7.13. The number of nitrogens with one attached hydrogen (secondary N) is 1. The van der Waals surface area contributed by atoms with Crippen LogP contribution in [-0.4, -0.2) is 10.1 Å². The van der Waals surface area contributed by atoms with E-state index in [4.69, 9.17) is 5.26 Å². The lowest BCUT2D eigenvalue weighted by Crippen LogP contribution is -2.06. The molecule has 0 amide bonds. The molecule has 0 saturated carbocycles. The molecule has 3 rings (SSSR count). The van der Waals surface area contributed by atoms with E-state index in [1.165, 1.54) is 6.07 Å². The van der Waals surface area contributed by atoms with Crippen molar-refractivity contribution in [2.75, 3.05) is 5.32 Å². The number of benzene rings is 2. The van der Waals surface area contributed by atoms with Crippen LogP contribution in [0.2, 0.25) is 0 Å². The van der Waals surface area contributed by atoms with Crippen LogP contribution < -0.4 is 5.32 Å². The number of anilines is 1. The van der Waals surface area contributed by atoms with Crippen molar-refractivity contribution >= 4 is 16.7 Å². The number of hydrogen-bond donors (Lipinski definition) is 2. The van der Waals surface area contributed by atoms with Crippen LogP contribution in [0.5, 0.6) is 0 Å². The molecule has 0 aliphatic carbocycles. The summed E-state index contributed by atoms with van der Waals surface area (Å²) in [5.74, 6) is 0.0813. The molecule has 5 heteroatoms. The van der Waals surface area contributed by atoms with Gasteiger partial charge in [0.25, 0.3) is 0 Å². The topological polar surface area (TPSA) is 68.9 Å². The van der Waals surface area contributed by atoms with Gasteiger partial charge >= 0.3 is 0 Å². The molecule has 1 heterocycles. The first-order valence-corrected chi connectivity index (χ1v) is 7.13. The molecule has 0 spiro atoms. The van der Waals surface area contributed by atoms with Gasteiger partial charge in [0.05, 0.1) is 23.8 Å². The van der Waals surface area contributed by atoms with Crippen LogP contribution in [0.25, 0.3) is 10.9 Å². The summed E-state index contributed by atoms with van der Waals surface area (Å²) in [6.07, 6.45) is 0. The fourth-order valence-electron chi connectivity index (χ4n) is 2.37. The fourth-order valence-corrected chi connectivity index (χ4v) is 2.37. The Hall–Kier alpha value is -2.97. The van der Waals surface area contributed by atoms with E-state index in [1.807, 2.05) is 36.4 Å². The van der Waals surface area contributed by atoms with Gasteiger partial charge in [-0.05, 0) is 24.3 Å². The smallest absolute Gasteiger partial charge is 0.132 e. The minimum atomic E-state index is -0.442. The Labute approximate surface area is 132 Å². The number of fused-ring (bicyclic) bond motifs is 1. The Balaban J connectivity index is 1.88. The number of nitrogens with zero attached hydrogens (tertiary/aromatic N) is 2. The molecular weight excluding hydrogens is 293 g/mol. The maximum absolute atomic E-state index is 13.9. The third kappa shape index (κ3) is 3.12. The highest BCUT2D eigenvalue weighted by Gasteiger charge is 2.08. The number of rotatable bonds is 4. The summed E-state index contributed by atoms with van der Waals surface area (Å²) in [5.41, 5.74) is 2.17. The van der Waals surface area contributed by atoms with E-state index in [0.717, 1.165) is 10.9 Å². The van der Waals surface area contributed by atoms with Crippen LogP contribution in [0.4, 0.5) is 10.2 Å². The zero-order valence-electron chi connectivity index (χ0n) is 12.3. The molecule has 1 aromatic heterocycles. The van der Waals surface area contributed by atoms with Gasteiger partial charge in [-0.15, -0.1) is 0 Å². The third-order valence-corrected chi connectivity index (χ3v) is 3.60. The van der Waals surface area contributed by atoms with Crippen LogP contribution in [0.1, 0.15) is 16.7 Å². The first-order chi connectivity index (χ1) is 11.2. The molecule has 114 valence electrons. The number of pyridine rings is 1. The number of halogens is 1. The highest BCUT2D eigenvalue weighted by atomic mass is 19.1. The molecule has 0 unspecified atom stereocenters. The molecule has 23 heavy (non-hydrogen) atoms.